The summed E-state index contributed by atoms with van der Waals surface area (Å²) in [5, 5.41) is 6.84. The van der Waals surface area contributed by atoms with Crippen molar-refractivity contribution in [3.05, 3.63) is 11.6 Å². The summed E-state index contributed by atoms with van der Waals surface area (Å²) in [6.45, 7) is 6.83. The summed E-state index contributed by atoms with van der Waals surface area (Å²) in [6, 6.07) is 0. The van der Waals surface area contributed by atoms with Crippen molar-refractivity contribution in [2.75, 3.05) is 25.6 Å². The number of carbonyl (C=O) groups is 1. The summed E-state index contributed by atoms with van der Waals surface area (Å²) in [5.74, 6) is 1.93. The fourth-order valence-corrected chi connectivity index (χ4v) is 1.83. The van der Waals surface area contributed by atoms with Crippen molar-refractivity contribution in [2.45, 2.75) is 32.6 Å². The van der Waals surface area contributed by atoms with E-state index in [1.807, 2.05) is 20.8 Å². The highest BCUT2D eigenvalue weighted by atomic mass is 32.2. The predicted molar refractivity (Wildman–Crippen MR) is 75.0 cm³/mol. The molecule has 0 saturated carbocycles. The summed E-state index contributed by atoms with van der Waals surface area (Å²) < 4.78 is 0. The van der Waals surface area contributed by atoms with Gasteiger partial charge in [0.15, 0.2) is 0 Å². The number of H-pyrrole nitrogens is 1. The third-order valence-electron chi connectivity index (χ3n) is 2.58. The first-order valence-corrected chi connectivity index (χ1v) is 7.43. The van der Waals surface area contributed by atoms with E-state index >= 15 is 0 Å². The topological polar surface area (TPSA) is 61.9 Å². The zero-order chi connectivity index (χ0) is 13.8. The Labute approximate surface area is 113 Å². The van der Waals surface area contributed by atoms with Gasteiger partial charge in [0.1, 0.15) is 5.82 Å². The standard InChI is InChI=1S/C12H22N4OS/c1-12(2,3)11-13-9(14-15-11)10(17)16(4)7-6-8-18-5/h6-8H2,1-5H3,(H,13,14,15). The van der Waals surface area contributed by atoms with Crippen LogP contribution in [0.5, 0.6) is 0 Å². The number of amides is 1. The quantitative estimate of drug-likeness (QED) is 0.830. The molecule has 6 heteroatoms. The van der Waals surface area contributed by atoms with Crippen molar-refractivity contribution in [3.63, 3.8) is 0 Å². The third kappa shape index (κ3) is 4.01. The highest BCUT2D eigenvalue weighted by molar-refractivity contribution is 7.98. The lowest BCUT2D eigenvalue weighted by atomic mass is 9.96. The summed E-state index contributed by atoms with van der Waals surface area (Å²) in [5.41, 5.74) is -0.122. The average Bonchev–Trinajstić information content (AvgIpc) is 2.77. The summed E-state index contributed by atoms with van der Waals surface area (Å²) >= 11 is 1.78. The van der Waals surface area contributed by atoms with Crippen LogP contribution in [0, 0.1) is 0 Å². The zero-order valence-electron chi connectivity index (χ0n) is 11.8. The lowest BCUT2D eigenvalue weighted by molar-refractivity contribution is 0.0784. The Hall–Kier alpha value is -1.04. The van der Waals surface area contributed by atoms with E-state index < -0.39 is 0 Å². The van der Waals surface area contributed by atoms with Crippen LogP contribution in [0.1, 0.15) is 43.6 Å². The molecule has 0 fully saturated rings. The molecule has 0 aliphatic heterocycles. The normalized spacial score (nSPS) is 11.6. The first-order valence-electron chi connectivity index (χ1n) is 6.03. The fraction of sp³-hybridized carbons (Fsp3) is 0.750. The second-order valence-corrected chi connectivity index (χ2v) is 6.32. The van der Waals surface area contributed by atoms with Gasteiger partial charge in [-0.05, 0) is 18.4 Å². The molecule has 102 valence electrons. The molecule has 1 heterocycles. The van der Waals surface area contributed by atoms with Gasteiger partial charge in [-0.2, -0.15) is 11.8 Å². The summed E-state index contributed by atoms with van der Waals surface area (Å²) in [7, 11) is 1.79. The van der Waals surface area contributed by atoms with Gasteiger partial charge in [0.2, 0.25) is 5.82 Å². The largest absolute Gasteiger partial charge is 0.339 e. The average molecular weight is 270 g/mol. The van der Waals surface area contributed by atoms with E-state index in [4.69, 9.17) is 0 Å². The van der Waals surface area contributed by atoms with Crippen LogP contribution in [0.3, 0.4) is 0 Å². The maximum atomic E-state index is 12.1. The molecule has 1 aromatic rings. The van der Waals surface area contributed by atoms with Crippen molar-refractivity contribution >= 4 is 17.7 Å². The second-order valence-electron chi connectivity index (χ2n) is 5.33. The van der Waals surface area contributed by atoms with Crippen molar-refractivity contribution in [1.82, 2.24) is 20.1 Å². The molecular weight excluding hydrogens is 248 g/mol. The van der Waals surface area contributed by atoms with Crippen LogP contribution in [-0.4, -0.2) is 51.6 Å². The number of nitrogens with one attached hydrogen (secondary N) is 1. The molecule has 0 atom stereocenters. The molecule has 1 N–H and O–H groups in total. The Morgan fingerprint density at radius 1 is 1.44 bits per heavy atom. The minimum atomic E-state index is -0.122. The molecule has 0 aromatic carbocycles. The Bertz CT molecular complexity index is 397. The predicted octanol–water partition coefficient (Wildman–Crippen LogP) is 1.93. The first kappa shape index (κ1) is 15.0. The van der Waals surface area contributed by atoms with Crippen molar-refractivity contribution in [3.8, 4) is 0 Å². The first-order chi connectivity index (χ1) is 8.36. The highest BCUT2D eigenvalue weighted by Crippen LogP contribution is 2.17. The number of aromatic amines is 1. The molecule has 1 aromatic heterocycles. The van der Waals surface area contributed by atoms with E-state index in [1.54, 1.807) is 23.7 Å². The van der Waals surface area contributed by atoms with E-state index in [1.165, 1.54) is 0 Å². The number of aromatic nitrogens is 3. The van der Waals surface area contributed by atoms with Crippen LogP contribution < -0.4 is 0 Å². The Balaban J connectivity index is 2.64. The monoisotopic (exact) mass is 270 g/mol. The van der Waals surface area contributed by atoms with Crippen LogP contribution in [0.2, 0.25) is 0 Å². The SMILES string of the molecule is CSCCCN(C)C(=O)c1n[nH]c(C(C)(C)C)n1. The minimum absolute atomic E-state index is 0.122. The third-order valence-corrected chi connectivity index (χ3v) is 3.27. The van der Waals surface area contributed by atoms with Crippen molar-refractivity contribution in [2.24, 2.45) is 0 Å². The molecule has 0 aliphatic rings. The van der Waals surface area contributed by atoms with Crippen molar-refractivity contribution < 1.29 is 4.79 Å². The van der Waals surface area contributed by atoms with E-state index in [2.05, 4.69) is 21.4 Å². The van der Waals surface area contributed by atoms with Gasteiger partial charge in [-0.3, -0.25) is 9.89 Å². The fourth-order valence-electron chi connectivity index (χ4n) is 1.41. The molecule has 0 radical (unpaired) electrons. The van der Waals surface area contributed by atoms with E-state index in [0.717, 1.165) is 24.5 Å². The molecule has 0 spiro atoms. The molecule has 18 heavy (non-hydrogen) atoms. The van der Waals surface area contributed by atoms with Crippen LogP contribution >= 0.6 is 11.8 Å². The van der Waals surface area contributed by atoms with Crippen LogP contribution in [-0.2, 0) is 5.41 Å². The van der Waals surface area contributed by atoms with E-state index in [-0.39, 0.29) is 17.1 Å². The molecule has 0 aliphatic carbocycles. The number of nitrogens with zero attached hydrogens (tertiary/aromatic N) is 3. The van der Waals surface area contributed by atoms with Crippen LogP contribution in [0.4, 0.5) is 0 Å². The second kappa shape index (κ2) is 6.22. The Morgan fingerprint density at radius 3 is 2.61 bits per heavy atom. The summed E-state index contributed by atoms with van der Waals surface area (Å²) in [6.07, 6.45) is 3.05. The van der Waals surface area contributed by atoms with Crippen LogP contribution in [0.15, 0.2) is 0 Å². The maximum absolute atomic E-state index is 12.1. The van der Waals surface area contributed by atoms with Crippen molar-refractivity contribution in [1.29, 1.82) is 0 Å². The molecular formula is C12H22N4OS. The summed E-state index contributed by atoms with van der Waals surface area (Å²) in [4.78, 5) is 18.0. The minimum Gasteiger partial charge on any atom is -0.339 e. The maximum Gasteiger partial charge on any atom is 0.293 e. The smallest absolute Gasteiger partial charge is 0.293 e. The number of hydrogen-bond acceptors (Lipinski definition) is 4. The van der Waals surface area contributed by atoms with Gasteiger partial charge in [0, 0.05) is 19.0 Å². The molecule has 0 saturated heterocycles. The number of carbonyl (C=O) groups excluding carboxylic acids is 1. The van der Waals surface area contributed by atoms with Crippen LogP contribution in [0.25, 0.3) is 0 Å². The van der Waals surface area contributed by atoms with Gasteiger partial charge in [-0.1, -0.05) is 20.8 Å². The van der Waals surface area contributed by atoms with Gasteiger partial charge in [0.05, 0.1) is 0 Å². The molecule has 5 nitrogen and oxygen atoms in total. The van der Waals surface area contributed by atoms with Gasteiger partial charge >= 0.3 is 0 Å². The van der Waals surface area contributed by atoms with Gasteiger partial charge in [-0.15, -0.1) is 5.10 Å². The van der Waals surface area contributed by atoms with Gasteiger partial charge in [0.25, 0.3) is 5.91 Å². The number of thioether (sulfide) groups is 1. The van der Waals surface area contributed by atoms with Gasteiger partial charge in [-0.25, -0.2) is 4.98 Å². The Kier molecular flexibility index (Phi) is 5.19. The van der Waals surface area contributed by atoms with Gasteiger partial charge < -0.3 is 4.90 Å². The van der Waals surface area contributed by atoms with E-state index in [0.29, 0.717) is 0 Å². The number of hydrogen-bond donors (Lipinski definition) is 1. The zero-order valence-corrected chi connectivity index (χ0v) is 12.6. The Morgan fingerprint density at radius 2 is 2.11 bits per heavy atom. The lowest BCUT2D eigenvalue weighted by Crippen LogP contribution is -2.29. The molecule has 0 unspecified atom stereocenters. The lowest BCUT2D eigenvalue weighted by Gasteiger charge is -2.15. The number of rotatable bonds is 5. The highest BCUT2D eigenvalue weighted by Gasteiger charge is 2.22. The molecule has 1 rings (SSSR count). The molecule has 0 bridgehead atoms. The van der Waals surface area contributed by atoms with E-state index in [9.17, 15) is 4.79 Å². The molecule has 1 amide bonds.